The lowest BCUT2D eigenvalue weighted by atomic mass is 10.0. The van der Waals surface area contributed by atoms with Gasteiger partial charge in [-0.15, -0.1) is 12.4 Å². The van der Waals surface area contributed by atoms with Crippen LogP contribution >= 0.6 is 24.0 Å². The van der Waals surface area contributed by atoms with Gasteiger partial charge in [0.05, 0.1) is 5.02 Å². The van der Waals surface area contributed by atoms with Crippen LogP contribution in [0.2, 0.25) is 5.02 Å². The largest absolute Gasteiger partial charge is 0.330 e. The van der Waals surface area contributed by atoms with Crippen molar-refractivity contribution >= 4 is 24.0 Å². The molecule has 14 heavy (non-hydrogen) atoms. The van der Waals surface area contributed by atoms with Gasteiger partial charge < -0.3 is 11.5 Å². The summed E-state index contributed by atoms with van der Waals surface area (Å²) in [6, 6.07) is 4.43. The first-order valence-corrected chi connectivity index (χ1v) is 4.44. The molecule has 0 spiro atoms. The van der Waals surface area contributed by atoms with Crippen LogP contribution in [0.25, 0.3) is 0 Å². The SMILES string of the molecule is Cl.NCC[C@H](N)c1cccc(Cl)c1F. The molecule has 1 aromatic rings. The minimum absolute atomic E-state index is 0. The summed E-state index contributed by atoms with van der Waals surface area (Å²) >= 11 is 5.60. The monoisotopic (exact) mass is 238 g/mol. The first-order chi connectivity index (χ1) is 6.16. The van der Waals surface area contributed by atoms with E-state index < -0.39 is 5.82 Å². The van der Waals surface area contributed by atoms with E-state index in [2.05, 4.69) is 0 Å². The molecule has 0 radical (unpaired) electrons. The van der Waals surface area contributed by atoms with Gasteiger partial charge in [0.2, 0.25) is 0 Å². The van der Waals surface area contributed by atoms with E-state index in [1.807, 2.05) is 0 Å². The number of rotatable bonds is 3. The quantitative estimate of drug-likeness (QED) is 0.849. The first kappa shape index (κ1) is 13.7. The maximum Gasteiger partial charge on any atom is 0.146 e. The average molecular weight is 239 g/mol. The molecule has 4 N–H and O–H groups in total. The standard InChI is InChI=1S/C9H12ClFN2.ClH/c10-7-3-1-2-6(9(7)11)8(13)4-5-12;/h1-3,8H,4-5,12-13H2;1H/t8-;/m0./s1. The minimum atomic E-state index is -0.440. The van der Waals surface area contributed by atoms with Crippen molar-refractivity contribution in [3.63, 3.8) is 0 Å². The van der Waals surface area contributed by atoms with Crippen molar-refractivity contribution in [3.05, 3.63) is 34.6 Å². The highest BCUT2D eigenvalue weighted by atomic mass is 35.5. The Morgan fingerprint density at radius 1 is 1.43 bits per heavy atom. The van der Waals surface area contributed by atoms with Crippen LogP contribution in [0.1, 0.15) is 18.0 Å². The molecule has 1 aromatic carbocycles. The van der Waals surface area contributed by atoms with Crippen LogP contribution < -0.4 is 11.5 Å². The lowest BCUT2D eigenvalue weighted by Crippen LogP contribution is -2.16. The highest BCUT2D eigenvalue weighted by Crippen LogP contribution is 2.23. The molecule has 0 fully saturated rings. The van der Waals surface area contributed by atoms with Gasteiger partial charge in [-0.25, -0.2) is 4.39 Å². The van der Waals surface area contributed by atoms with Gasteiger partial charge in [-0.05, 0) is 19.0 Å². The smallest absolute Gasteiger partial charge is 0.146 e. The van der Waals surface area contributed by atoms with Gasteiger partial charge >= 0.3 is 0 Å². The van der Waals surface area contributed by atoms with Gasteiger partial charge in [0, 0.05) is 11.6 Å². The fourth-order valence-corrected chi connectivity index (χ4v) is 1.32. The summed E-state index contributed by atoms with van der Waals surface area (Å²) in [4.78, 5) is 0. The lowest BCUT2D eigenvalue weighted by molar-refractivity contribution is 0.567. The van der Waals surface area contributed by atoms with Crippen LogP contribution in [0.15, 0.2) is 18.2 Å². The minimum Gasteiger partial charge on any atom is -0.330 e. The molecule has 0 amide bonds. The number of hydrogen-bond acceptors (Lipinski definition) is 2. The summed E-state index contributed by atoms with van der Waals surface area (Å²) in [5.74, 6) is -0.440. The highest BCUT2D eigenvalue weighted by Gasteiger charge is 2.12. The molecule has 2 nitrogen and oxygen atoms in total. The van der Waals surface area contributed by atoms with Crippen molar-refractivity contribution < 1.29 is 4.39 Å². The Morgan fingerprint density at radius 3 is 2.64 bits per heavy atom. The summed E-state index contributed by atoms with van der Waals surface area (Å²) < 4.78 is 13.3. The van der Waals surface area contributed by atoms with Crippen molar-refractivity contribution in [2.75, 3.05) is 6.54 Å². The van der Waals surface area contributed by atoms with Gasteiger partial charge in [-0.2, -0.15) is 0 Å². The second kappa shape index (κ2) is 6.19. The zero-order valence-electron chi connectivity index (χ0n) is 7.54. The third-order valence-electron chi connectivity index (χ3n) is 1.86. The van der Waals surface area contributed by atoms with Crippen LogP contribution in [0.4, 0.5) is 4.39 Å². The predicted molar refractivity (Wildman–Crippen MR) is 59.3 cm³/mol. The van der Waals surface area contributed by atoms with Crippen LogP contribution in [0.3, 0.4) is 0 Å². The fraction of sp³-hybridized carbons (Fsp3) is 0.333. The average Bonchev–Trinajstić information content (AvgIpc) is 2.10. The summed E-state index contributed by atoms with van der Waals surface area (Å²) in [5.41, 5.74) is 11.4. The molecule has 0 aliphatic heterocycles. The van der Waals surface area contributed by atoms with Crippen LogP contribution in [0.5, 0.6) is 0 Å². The molecule has 80 valence electrons. The van der Waals surface area contributed by atoms with Crippen molar-refractivity contribution in [1.82, 2.24) is 0 Å². The lowest BCUT2D eigenvalue weighted by Gasteiger charge is -2.11. The predicted octanol–water partition coefficient (Wildman–Crippen LogP) is 2.25. The van der Waals surface area contributed by atoms with Gasteiger partial charge in [-0.3, -0.25) is 0 Å². The molecule has 0 bridgehead atoms. The molecule has 0 unspecified atom stereocenters. The maximum atomic E-state index is 13.3. The number of halogens is 3. The molecule has 1 atom stereocenters. The van der Waals surface area contributed by atoms with E-state index in [-0.39, 0.29) is 23.5 Å². The van der Waals surface area contributed by atoms with E-state index in [0.29, 0.717) is 18.5 Å². The van der Waals surface area contributed by atoms with Gasteiger partial charge in [0.25, 0.3) is 0 Å². The third kappa shape index (κ3) is 3.10. The van der Waals surface area contributed by atoms with Crippen LogP contribution in [-0.2, 0) is 0 Å². The zero-order valence-corrected chi connectivity index (χ0v) is 9.11. The topological polar surface area (TPSA) is 52.0 Å². The highest BCUT2D eigenvalue weighted by molar-refractivity contribution is 6.30. The molecule has 0 saturated heterocycles. The Kier molecular flexibility index (Phi) is 6.04. The number of hydrogen-bond donors (Lipinski definition) is 2. The Balaban J connectivity index is 0.00000169. The summed E-state index contributed by atoms with van der Waals surface area (Å²) in [5, 5.41) is 0.102. The molecule has 1 rings (SSSR count). The van der Waals surface area contributed by atoms with Gasteiger partial charge in [0.15, 0.2) is 0 Å². The third-order valence-corrected chi connectivity index (χ3v) is 2.15. The zero-order chi connectivity index (χ0) is 9.84. The number of nitrogens with two attached hydrogens (primary N) is 2. The Morgan fingerprint density at radius 2 is 2.07 bits per heavy atom. The van der Waals surface area contributed by atoms with Crippen LogP contribution in [-0.4, -0.2) is 6.54 Å². The molecule has 0 heterocycles. The summed E-state index contributed by atoms with van der Waals surface area (Å²) in [6.07, 6.45) is 0.553. The van der Waals surface area contributed by atoms with E-state index in [1.54, 1.807) is 12.1 Å². The molecular formula is C9H13Cl2FN2. The molecule has 0 aromatic heterocycles. The Hall–Kier alpha value is -0.350. The molecule has 0 saturated carbocycles. The van der Waals surface area contributed by atoms with Crippen molar-refractivity contribution in [2.24, 2.45) is 11.5 Å². The maximum absolute atomic E-state index is 13.3. The number of benzene rings is 1. The van der Waals surface area contributed by atoms with Crippen molar-refractivity contribution in [2.45, 2.75) is 12.5 Å². The van der Waals surface area contributed by atoms with Crippen molar-refractivity contribution in [3.8, 4) is 0 Å². The van der Waals surface area contributed by atoms with E-state index in [4.69, 9.17) is 23.1 Å². The van der Waals surface area contributed by atoms with E-state index in [1.165, 1.54) is 6.07 Å². The van der Waals surface area contributed by atoms with Gasteiger partial charge in [0.1, 0.15) is 5.82 Å². The molecule has 0 aliphatic rings. The second-order valence-corrected chi connectivity index (χ2v) is 3.23. The van der Waals surface area contributed by atoms with Gasteiger partial charge in [-0.1, -0.05) is 23.7 Å². The van der Waals surface area contributed by atoms with E-state index in [0.717, 1.165) is 0 Å². The second-order valence-electron chi connectivity index (χ2n) is 2.83. The first-order valence-electron chi connectivity index (χ1n) is 4.06. The summed E-state index contributed by atoms with van der Waals surface area (Å²) in [7, 11) is 0. The van der Waals surface area contributed by atoms with E-state index >= 15 is 0 Å². The van der Waals surface area contributed by atoms with E-state index in [9.17, 15) is 4.39 Å². The fourth-order valence-electron chi connectivity index (χ4n) is 1.14. The molecule has 5 heteroatoms. The normalized spacial score (nSPS) is 12.0. The van der Waals surface area contributed by atoms with Crippen LogP contribution in [0, 0.1) is 5.82 Å². The van der Waals surface area contributed by atoms with Crippen molar-refractivity contribution in [1.29, 1.82) is 0 Å². The molecule has 0 aliphatic carbocycles. The summed E-state index contributed by atoms with van der Waals surface area (Å²) in [6.45, 7) is 0.438. The Labute approximate surface area is 93.8 Å². The molecular weight excluding hydrogens is 226 g/mol. The Bertz CT molecular complexity index is 294.